The highest BCUT2D eigenvalue weighted by Gasteiger charge is 2.37. The number of hydrazone groups is 1. The minimum Gasteiger partial charge on any atom is -0.452 e. The van der Waals surface area contributed by atoms with E-state index < -0.39 is 40.8 Å². The molecule has 2 N–H and O–H groups in total. The SMILES string of the molecule is NC(=O)c1cc(C(F)(F)F)cc(F)c1C1OC=NN1c1cccc(-c2ccsc2)c1. The van der Waals surface area contributed by atoms with Gasteiger partial charge in [0.05, 0.1) is 22.4 Å². The number of benzene rings is 2. The number of nitrogens with two attached hydrogens (primary N) is 1. The van der Waals surface area contributed by atoms with Crippen LogP contribution in [0.2, 0.25) is 0 Å². The van der Waals surface area contributed by atoms with Crippen LogP contribution in [0.4, 0.5) is 23.2 Å². The van der Waals surface area contributed by atoms with Crippen molar-refractivity contribution in [3.8, 4) is 11.1 Å². The molecular weight excluding hydrogens is 422 g/mol. The number of carbonyl (C=O) groups is 1. The minimum atomic E-state index is -4.84. The molecule has 154 valence electrons. The number of anilines is 1. The molecule has 0 spiro atoms. The second-order valence-electron chi connectivity index (χ2n) is 6.40. The maximum Gasteiger partial charge on any atom is 0.416 e. The Bertz CT molecular complexity index is 1130. The van der Waals surface area contributed by atoms with Crippen LogP contribution in [0.5, 0.6) is 0 Å². The van der Waals surface area contributed by atoms with E-state index in [9.17, 15) is 22.4 Å². The Morgan fingerprint density at radius 1 is 1.17 bits per heavy atom. The van der Waals surface area contributed by atoms with Crippen LogP contribution in [0.25, 0.3) is 11.1 Å². The molecule has 1 unspecified atom stereocenters. The third-order valence-electron chi connectivity index (χ3n) is 4.52. The van der Waals surface area contributed by atoms with Crippen LogP contribution >= 0.6 is 11.3 Å². The van der Waals surface area contributed by atoms with Crippen molar-refractivity contribution < 1.29 is 27.1 Å². The minimum absolute atomic E-state index is 0.309. The van der Waals surface area contributed by atoms with Gasteiger partial charge in [-0.1, -0.05) is 12.1 Å². The number of alkyl halides is 3. The van der Waals surface area contributed by atoms with Gasteiger partial charge in [-0.2, -0.15) is 24.5 Å². The predicted molar refractivity (Wildman–Crippen MR) is 104 cm³/mol. The normalized spacial score (nSPS) is 16.0. The van der Waals surface area contributed by atoms with Gasteiger partial charge in [0, 0.05) is 0 Å². The highest BCUT2D eigenvalue weighted by molar-refractivity contribution is 7.08. The van der Waals surface area contributed by atoms with Crippen LogP contribution in [0.3, 0.4) is 0 Å². The van der Waals surface area contributed by atoms with Gasteiger partial charge in [-0.15, -0.1) is 5.10 Å². The van der Waals surface area contributed by atoms with Crippen molar-refractivity contribution in [3.05, 3.63) is 75.7 Å². The first-order valence-corrected chi connectivity index (χ1v) is 9.50. The lowest BCUT2D eigenvalue weighted by atomic mass is 10.00. The van der Waals surface area contributed by atoms with E-state index >= 15 is 0 Å². The Morgan fingerprint density at radius 3 is 2.63 bits per heavy atom. The average Bonchev–Trinajstić information content (AvgIpc) is 3.39. The fraction of sp³-hybridized carbons (Fsp3) is 0.100. The van der Waals surface area contributed by atoms with Gasteiger partial charge < -0.3 is 10.5 Å². The lowest BCUT2D eigenvalue weighted by Gasteiger charge is -2.25. The van der Waals surface area contributed by atoms with Crippen molar-refractivity contribution in [1.29, 1.82) is 0 Å². The van der Waals surface area contributed by atoms with Crippen LogP contribution in [0.1, 0.15) is 27.7 Å². The van der Waals surface area contributed by atoms with Crippen molar-refractivity contribution in [3.63, 3.8) is 0 Å². The van der Waals surface area contributed by atoms with Crippen LogP contribution in [0.15, 0.2) is 58.3 Å². The van der Waals surface area contributed by atoms with E-state index in [0.29, 0.717) is 17.8 Å². The summed E-state index contributed by atoms with van der Waals surface area (Å²) in [6.45, 7) is 0. The first kappa shape index (κ1) is 19.9. The number of primary amides is 1. The van der Waals surface area contributed by atoms with Crippen molar-refractivity contribution in [2.75, 3.05) is 5.01 Å². The van der Waals surface area contributed by atoms with E-state index in [-0.39, 0.29) is 0 Å². The molecule has 0 bridgehead atoms. The van der Waals surface area contributed by atoms with E-state index in [4.69, 9.17) is 10.5 Å². The molecule has 2 heterocycles. The van der Waals surface area contributed by atoms with E-state index in [0.717, 1.165) is 17.5 Å². The molecule has 10 heteroatoms. The number of ether oxygens (including phenoxy) is 1. The second-order valence-corrected chi connectivity index (χ2v) is 7.18. The second kappa shape index (κ2) is 7.45. The van der Waals surface area contributed by atoms with Crippen molar-refractivity contribution in [2.24, 2.45) is 10.8 Å². The molecule has 0 fully saturated rings. The summed E-state index contributed by atoms with van der Waals surface area (Å²) in [5.74, 6) is -2.48. The number of nitrogens with zero attached hydrogens (tertiary/aromatic N) is 2. The standard InChI is InChI=1S/C20H13F4N3O2S/c21-16-8-13(20(22,23)24)7-15(18(25)28)17(16)19-27(26-10-29-19)14-3-1-2-11(6-14)12-4-5-30-9-12/h1-10,19H,(H2,25,28). The molecule has 1 atom stereocenters. The third-order valence-corrected chi connectivity index (χ3v) is 5.20. The molecule has 4 rings (SSSR count). The number of thiophene rings is 1. The highest BCUT2D eigenvalue weighted by Crippen LogP contribution is 2.39. The van der Waals surface area contributed by atoms with Crippen molar-refractivity contribution >= 4 is 29.3 Å². The molecule has 0 saturated heterocycles. The lowest BCUT2D eigenvalue weighted by molar-refractivity contribution is -0.137. The van der Waals surface area contributed by atoms with E-state index in [1.54, 1.807) is 18.2 Å². The van der Waals surface area contributed by atoms with Crippen LogP contribution in [-0.4, -0.2) is 12.3 Å². The van der Waals surface area contributed by atoms with Crippen LogP contribution < -0.4 is 10.7 Å². The van der Waals surface area contributed by atoms with Crippen LogP contribution in [0, 0.1) is 5.82 Å². The Labute approximate surface area is 172 Å². The molecule has 1 aliphatic heterocycles. The molecule has 30 heavy (non-hydrogen) atoms. The van der Waals surface area contributed by atoms with Gasteiger partial charge in [-0.3, -0.25) is 4.79 Å². The molecule has 5 nitrogen and oxygen atoms in total. The summed E-state index contributed by atoms with van der Waals surface area (Å²) in [5, 5.41) is 9.18. The summed E-state index contributed by atoms with van der Waals surface area (Å²) in [5.41, 5.74) is 5.19. The number of halogens is 4. The number of rotatable bonds is 4. The van der Waals surface area contributed by atoms with Crippen molar-refractivity contribution in [1.82, 2.24) is 0 Å². The molecule has 0 saturated carbocycles. The highest BCUT2D eigenvalue weighted by atomic mass is 32.1. The summed E-state index contributed by atoms with van der Waals surface area (Å²) in [6.07, 6.45) is -5.11. The maximum absolute atomic E-state index is 14.8. The maximum atomic E-state index is 14.8. The molecular formula is C20H13F4N3O2S. The fourth-order valence-corrected chi connectivity index (χ4v) is 3.80. The molecule has 1 amide bonds. The van der Waals surface area contributed by atoms with Gasteiger partial charge in [-0.25, -0.2) is 9.40 Å². The average molecular weight is 435 g/mol. The van der Waals surface area contributed by atoms with Gasteiger partial charge in [-0.05, 0) is 52.2 Å². The Balaban J connectivity index is 1.78. The van der Waals surface area contributed by atoms with Gasteiger partial charge in [0.1, 0.15) is 5.82 Å². The van der Waals surface area contributed by atoms with Crippen molar-refractivity contribution in [2.45, 2.75) is 12.4 Å². The van der Waals surface area contributed by atoms with E-state index in [2.05, 4.69) is 5.10 Å². The molecule has 3 aromatic rings. The fourth-order valence-electron chi connectivity index (χ4n) is 3.14. The zero-order valence-electron chi connectivity index (χ0n) is 15.1. The lowest BCUT2D eigenvalue weighted by Crippen LogP contribution is -2.26. The Morgan fingerprint density at radius 2 is 1.97 bits per heavy atom. The monoisotopic (exact) mass is 435 g/mol. The van der Waals surface area contributed by atoms with E-state index in [1.165, 1.54) is 16.3 Å². The quantitative estimate of drug-likeness (QED) is 0.577. The Kier molecular flexibility index (Phi) is 4.94. The third kappa shape index (κ3) is 3.61. The number of amides is 1. The molecule has 1 aliphatic rings. The summed E-state index contributed by atoms with van der Waals surface area (Å²) in [6, 6.07) is 9.82. The smallest absolute Gasteiger partial charge is 0.416 e. The summed E-state index contributed by atoms with van der Waals surface area (Å²) in [4.78, 5) is 11.8. The van der Waals surface area contributed by atoms with Crippen LogP contribution in [-0.2, 0) is 10.9 Å². The number of hydrogen-bond acceptors (Lipinski definition) is 5. The van der Waals surface area contributed by atoms with Gasteiger partial charge >= 0.3 is 6.18 Å². The Hall–Kier alpha value is -3.40. The molecule has 0 radical (unpaired) electrons. The summed E-state index contributed by atoms with van der Waals surface area (Å²) in [7, 11) is 0. The predicted octanol–water partition coefficient (Wildman–Crippen LogP) is 5.15. The summed E-state index contributed by atoms with van der Waals surface area (Å²) < 4.78 is 59.3. The number of hydrogen-bond donors (Lipinski definition) is 1. The number of carbonyl (C=O) groups excluding carboxylic acids is 1. The zero-order chi connectivity index (χ0) is 21.5. The molecule has 1 aromatic heterocycles. The van der Waals surface area contributed by atoms with Gasteiger partial charge in [0.2, 0.25) is 12.1 Å². The van der Waals surface area contributed by atoms with Gasteiger partial charge in [0.15, 0.2) is 6.40 Å². The van der Waals surface area contributed by atoms with Gasteiger partial charge in [0.25, 0.3) is 0 Å². The zero-order valence-corrected chi connectivity index (χ0v) is 15.9. The largest absolute Gasteiger partial charge is 0.452 e. The molecule has 0 aliphatic carbocycles. The molecule has 2 aromatic carbocycles. The summed E-state index contributed by atoms with van der Waals surface area (Å²) >= 11 is 1.52. The first-order chi connectivity index (χ1) is 14.3. The van der Waals surface area contributed by atoms with E-state index in [1.807, 2.05) is 22.9 Å². The first-order valence-electron chi connectivity index (χ1n) is 8.56. The topological polar surface area (TPSA) is 67.9 Å².